The number of piperidine rings is 1. The zero-order chi connectivity index (χ0) is 19.3. The third kappa shape index (κ3) is 4.02. The first kappa shape index (κ1) is 18.5. The van der Waals surface area contributed by atoms with E-state index in [1.54, 1.807) is 7.11 Å². The second-order valence-electron chi connectivity index (χ2n) is 7.17. The predicted molar refractivity (Wildman–Crippen MR) is 107 cm³/mol. The van der Waals surface area contributed by atoms with Crippen LogP contribution >= 0.6 is 0 Å². The molecule has 6 heteroatoms. The number of aromatic nitrogens is 1. The van der Waals surface area contributed by atoms with Crippen molar-refractivity contribution in [3.8, 4) is 0 Å². The van der Waals surface area contributed by atoms with E-state index in [2.05, 4.69) is 10.3 Å². The summed E-state index contributed by atoms with van der Waals surface area (Å²) >= 11 is 0. The van der Waals surface area contributed by atoms with Crippen LogP contribution in [0.3, 0.4) is 0 Å². The number of nitrogens with zero attached hydrogens (tertiary/aromatic N) is 2. The van der Waals surface area contributed by atoms with Crippen molar-refractivity contribution < 1.29 is 13.9 Å². The summed E-state index contributed by atoms with van der Waals surface area (Å²) in [5.74, 6) is 0.858. The van der Waals surface area contributed by atoms with Crippen molar-refractivity contribution in [3.05, 3.63) is 65.5 Å². The Balaban J connectivity index is 1.39. The van der Waals surface area contributed by atoms with Crippen molar-refractivity contribution in [3.63, 3.8) is 0 Å². The molecule has 0 aliphatic carbocycles. The lowest BCUT2D eigenvalue weighted by Crippen LogP contribution is -2.44. The first-order chi connectivity index (χ1) is 13.7. The number of benzene rings is 2. The van der Waals surface area contributed by atoms with Gasteiger partial charge in [0.1, 0.15) is 5.52 Å². The van der Waals surface area contributed by atoms with E-state index >= 15 is 0 Å². The summed E-state index contributed by atoms with van der Waals surface area (Å²) in [4.78, 5) is 19.2. The van der Waals surface area contributed by atoms with Gasteiger partial charge in [0.2, 0.25) is 0 Å². The van der Waals surface area contributed by atoms with Crippen molar-refractivity contribution in [1.29, 1.82) is 0 Å². The minimum Gasteiger partial charge on any atom is -0.440 e. The van der Waals surface area contributed by atoms with Crippen molar-refractivity contribution in [2.45, 2.75) is 31.9 Å². The van der Waals surface area contributed by atoms with E-state index in [0.29, 0.717) is 19.7 Å². The van der Waals surface area contributed by atoms with Crippen LogP contribution in [-0.2, 0) is 17.9 Å². The Hall–Kier alpha value is -2.86. The number of hydrogen-bond acceptors (Lipinski definition) is 4. The highest BCUT2D eigenvalue weighted by Gasteiger charge is 2.28. The summed E-state index contributed by atoms with van der Waals surface area (Å²) < 4.78 is 11.2. The van der Waals surface area contributed by atoms with Crippen LogP contribution in [-0.4, -0.2) is 36.1 Å². The summed E-state index contributed by atoms with van der Waals surface area (Å²) in [6, 6.07) is 15.7. The molecule has 0 saturated carbocycles. The van der Waals surface area contributed by atoms with Crippen molar-refractivity contribution >= 4 is 17.1 Å². The number of likely N-dealkylation sites (tertiary alicyclic amines) is 1. The van der Waals surface area contributed by atoms with Gasteiger partial charge in [-0.05, 0) is 36.1 Å². The van der Waals surface area contributed by atoms with Crippen LogP contribution in [0.5, 0.6) is 0 Å². The van der Waals surface area contributed by atoms with Gasteiger partial charge >= 0.3 is 6.03 Å². The normalized spacial score (nSPS) is 17.0. The quantitative estimate of drug-likeness (QED) is 0.726. The summed E-state index contributed by atoms with van der Waals surface area (Å²) in [6.07, 6.45) is 1.92. The summed E-state index contributed by atoms with van der Waals surface area (Å²) in [5.41, 5.74) is 3.83. The third-order valence-corrected chi connectivity index (χ3v) is 5.22. The molecule has 28 heavy (non-hydrogen) atoms. The van der Waals surface area contributed by atoms with Gasteiger partial charge in [0.05, 0.1) is 12.5 Å². The number of methoxy groups -OCH3 is 1. The van der Waals surface area contributed by atoms with Gasteiger partial charge in [0.15, 0.2) is 11.5 Å². The Morgan fingerprint density at radius 1 is 1.21 bits per heavy atom. The molecule has 1 atom stereocenters. The number of urea groups is 1. The Labute approximate surface area is 164 Å². The summed E-state index contributed by atoms with van der Waals surface area (Å²) in [5, 5.41) is 3.05. The van der Waals surface area contributed by atoms with Crippen LogP contribution < -0.4 is 5.32 Å². The molecule has 1 saturated heterocycles. The second-order valence-corrected chi connectivity index (χ2v) is 7.17. The van der Waals surface area contributed by atoms with Crippen LogP contribution in [0.4, 0.5) is 4.79 Å². The highest BCUT2D eigenvalue weighted by Crippen LogP contribution is 2.29. The molecule has 0 spiro atoms. The average molecular weight is 379 g/mol. The number of para-hydroxylation sites is 2. The molecule has 3 aromatic rings. The molecule has 4 rings (SSSR count). The number of amides is 2. The molecule has 2 aromatic carbocycles. The fourth-order valence-corrected chi connectivity index (χ4v) is 3.74. The summed E-state index contributed by atoms with van der Waals surface area (Å²) in [7, 11) is 1.68. The van der Waals surface area contributed by atoms with Crippen molar-refractivity contribution in [2.75, 3.05) is 20.2 Å². The van der Waals surface area contributed by atoms with E-state index in [-0.39, 0.29) is 11.9 Å². The second kappa shape index (κ2) is 8.44. The number of nitrogens with one attached hydrogen (secondary N) is 1. The molecular formula is C22H25N3O3. The highest BCUT2D eigenvalue weighted by molar-refractivity contribution is 5.74. The van der Waals surface area contributed by atoms with Gasteiger partial charge in [-0.2, -0.15) is 0 Å². The largest absolute Gasteiger partial charge is 0.440 e. The lowest BCUT2D eigenvalue weighted by molar-refractivity contribution is 0.173. The Morgan fingerprint density at radius 2 is 2.00 bits per heavy atom. The topological polar surface area (TPSA) is 67.6 Å². The molecule has 1 aromatic heterocycles. The number of rotatable bonds is 5. The maximum Gasteiger partial charge on any atom is 0.317 e. The molecule has 2 heterocycles. The maximum absolute atomic E-state index is 12.7. The number of ether oxygens (including phenoxy) is 1. The van der Waals surface area contributed by atoms with Crippen molar-refractivity contribution in [2.24, 2.45) is 0 Å². The van der Waals surface area contributed by atoms with E-state index < -0.39 is 0 Å². The number of oxazole rings is 1. The van der Waals surface area contributed by atoms with E-state index in [1.807, 2.05) is 53.4 Å². The van der Waals surface area contributed by atoms with Crippen LogP contribution in [0.1, 0.15) is 35.8 Å². The zero-order valence-electron chi connectivity index (χ0n) is 16.1. The lowest BCUT2D eigenvalue weighted by atomic mass is 9.98. The first-order valence-corrected chi connectivity index (χ1v) is 9.68. The third-order valence-electron chi connectivity index (χ3n) is 5.22. The molecule has 0 radical (unpaired) electrons. The van der Waals surface area contributed by atoms with Crippen molar-refractivity contribution in [1.82, 2.24) is 15.2 Å². The molecule has 2 amide bonds. The van der Waals surface area contributed by atoms with Crippen LogP contribution in [0.2, 0.25) is 0 Å². The molecule has 1 unspecified atom stereocenters. The molecular weight excluding hydrogens is 354 g/mol. The van der Waals surface area contributed by atoms with Gasteiger partial charge in [-0.3, -0.25) is 0 Å². The van der Waals surface area contributed by atoms with E-state index in [9.17, 15) is 4.79 Å². The summed E-state index contributed by atoms with van der Waals surface area (Å²) in [6.45, 7) is 2.40. The maximum atomic E-state index is 12.7. The SMILES string of the molecule is COCc1ccccc1CNC(=O)N1CCCC(c2nc3ccccc3o2)C1. The molecule has 1 fully saturated rings. The number of hydrogen-bond donors (Lipinski definition) is 1. The molecule has 6 nitrogen and oxygen atoms in total. The van der Waals surface area contributed by atoms with Crippen LogP contribution in [0.25, 0.3) is 11.1 Å². The van der Waals surface area contributed by atoms with Gasteiger partial charge in [-0.1, -0.05) is 36.4 Å². The smallest absolute Gasteiger partial charge is 0.317 e. The van der Waals surface area contributed by atoms with E-state index in [0.717, 1.165) is 47.5 Å². The van der Waals surface area contributed by atoms with Crippen LogP contribution in [0.15, 0.2) is 52.9 Å². The number of carbonyl (C=O) groups excluding carboxylic acids is 1. The average Bonchev–Trinajstić information content (AvgIpc) is 3.18. The van der Waals surface area contributed by atoms with Gasteiger partial charge in [0.25, 0.3) is 0 Å². The van der Waals surface area contributed by atoms with Crippen LogP contribution in [0, 0.1) is 0 Å². The van der Waals surface area contributed by atoms with Gasteiger partial charge in [-0.25, -0.2) is 9.78 Å². The van der Waals surface area contributed by atoms with Gasteiger partial charge < -0.3 is 19.4 Å². The fourth-order valence-electron chi connectivity index (χ4n) is 3.74. The monoisotopic (exact) mass is 379 g/mol. The van der Waals surface area contributed by atoms with E-state index in [4.69, 9.17) is 9.15 Å². The molecule has 1 N–H and O–H groups in total. The zero-order valence-corrected chi connectivity index (χ0v) is 16.1. The van der Waals surface area contributed by atoms with E-state index in [1.165, 1.54) is 0 Å². The number of fused-ring (bicyclic) bond motifs is 1. The molecule has 1 aliphatic rings. The minimum atomic E-state index is -0.0481. The lowest BCUT2D eigenvalue weighted by Gasteiger charge is -2.31. The standard InChI is InChI=1S/C22H25N3O3/c1-27-15-18-8-3-2-7-16(18)13-23-22(26)25-12-6-9-17(14-25)21-24-19-10-4-5-11-20(19)28-21/h2-5,7-8,10-11,17H,6,9,12-15H2,1H3,(H,23,26). The number of carbonyl (C=O) groups is 1. The Bertz CT molecular complexity index is 920. The van der Waals surface area contributed by atoms with Gasteiger partial charge in [-0.15, -0.1) is 0 Å². The van der Waals surface area contributed by atoms with Gasteiger partial charge in [0, 0.05) is 26.7 Å². The predicted octanol–water partition coefficient (Wildman–Crippen LogP) is 4.06. The Morgan fingerprint density at radius 3 is 2.82 bits per heavy atom. The highest BCUT2D eigenvalue weighted by atomic mass is 16.5. The Kier molecular flexibility index (Phi) is 5.58. The fraction of sp³-hybridized carbons (Fsp3) is 0.364. The molecule has 0 bridgehead atoms. The molecule has 1 aliphatic heterocycles. The minimum absolute atomic E-state index is 0.0481. The molecule has 146 valence electrons. The first-order valence-electron chi connectivity index (χ1n) is 9.68.